The second-order valence-electron chi connectivity index (χ2n) is 3.82. The summed E-state index contributed by atoms with van der Waals surface area (Å²) >= 11 is 3.18. The fraction of sp³-hybridized carbons (Fsp3) is 0.0833. The van der Waals surface area contributed by atoms with Crippen LogP contribution in [-0.4, -0.2) is 9.91 Å². The van der Waals surface area contributed by atoms with E-state index >= 15 is 0 Å². The first-order chi connectivity index (χ1) is 9.60. The third-order valence-corrected chi connectivity index (χ3v) is 2.94. The molecule has 7 nitrogen and oxygen atoms in total. The monoisotopic (exact) mass is 338 g/mol. The molecule has 0 aliphatic rings. The number of hydrazine groups is 1. The smallest absolute Gasteiger partial charge is 0.312 e. The predicted octanol–water partition coefficient (Wildman–Crippen LogP) is 2.62. The molecule has 0 aliphatic heterocycles. The molecule has 8 heteroatoms. The Morgan fingerprint density at radius 3 is 2.90 bits per heavy atom. The lowest BCUT2D eigenvalue weighted by molar-refractivity contribution is -0.386. The quantitative estimate of drug-likeness (QED) is 0.493. The van der Waals surface area contributed by atoms with E-state index in [4.69, 9.17) is 10.6 Å². The van der Waals surface area contributed by atoms with Crippen molar-refractivity contribution in [3.63, 3.8) is 0 Å². The van der Waals surface area contributed by atoms with Gasteiger partial charge in [-0.25, -0.2) is 10.8 Å². The number of benzene rings is 1. The lowest BCUT2D eigenvalue weighted by Gasteiger charge is -2.07. The van der Waals surface area contributed by atoms with Crippen molar-refractivity contribution in [2.45, 2.75) is 6.61 Å². The number of halogens is 1. The fourth-order valence-electron chi connectivity index (χ4n) is 1.55. The zero-order valence-corrected chi connectivity index (χ0v) is 11.8. The SMILES string of the molecule is NNc1cccc(COc2ccc(Br)cc2[N+](=O)[O-])n1. The zero-order chi connectivity index (χ0) is 14.5. The van der Waals surface area contributed by atoms with Crippen LogP contribution in [0.15, 0.2) is 40.9 Å². The van der Waals surface area contributed by atoms with Crippen LogP contribution in [-0.2, 0) is 6.61 Å². The number of anilines is 1. The van der Waals surface area contributed by atoms with Crippen molar-refractivity contribution in [1.82, 2.24) is 4.98 Å². The van der Waals surface area contributed by atoms with Gasteiger partial charge < -0.3 is 10.2 Å². The van der Waals surface area contributed by atoms with Crippen molar-refractivity contribution in [3.8, 4) is 5.75 Å². The molecule has 0 spiro atoms. The number of rotatable bonds is 5. The summed E-state index contributed by atoms with van der Waals surface area (Å²) in [5.74, 6) is 5.94. The van der Waals surface area contributed by atoms with Crippen LogP contribution in [0.4, 0.5) is 11.5 Å². The van der Waals surface area contributed by atoms with Gasteiger partial charge in [-0.15, -0.1) is 0 Å². The Bertz CT molecular complexity index is 636. The summed E-state index contributed by atoms with van der Waals surface area (Å²) in [6, 6.07) is 9.80. The van der Waals surface area contributed by atoms with E-state index in [1.165, 1.54) is 12.1 Å². The van der Waals surface area contributed by atoms with Gasteiger partial charge in [0.25, 0.3) is 0 Å². The number of hydrogen-bond donors (Lipinski definition) is 2. The van der Waals surface area contributed by atoms with Crippen molar-refractivity contribution in [2.24, 2.45) is 5.84 Å². The standard InChI is InChI=1S/C12H11BrN4O3/c13-8-4-5-11(10(6-8)17(18)19)20-7-9-2-1-3-12(15-9)16-14/h1-6H,7,14H2,(H,15,16). The van der Waals surface area contributed by atoms with Crippen molar-refractivity contribution in [3.05, 3.63) is 56.7 Å². The van der Waals surface area contributed by atoms with Gasteiger partial charge in [-0.2, -0.15) is 0 Å². The Morgan fingerprint density at radius 2 is 2.20 bits per heavy atom. The second-order valence-corrected chi connectivity index (χ2v) is 4.73. The fourth-order valence-corrected chi connectivity index (χ4v) is 1.90. The van der Waals surface area contributed by atoms with Gasteiger partial charge in [0.05, 0.1) is 10.6 Å². The number of nitrogens with zero attached hydrogens (tertiary/aromatic N) is 2. The predicted molar refractivity (Wildman–Crippen MR) is 77.2 cm³/mol. The van der Waals surface area contributed by atoms with Gasteiger partial charge in [0.1, 0.15) is 12.4 Å². The number of aromatic nitrogens is 1. The van der Waals surface area contributed by atoms with Crippen LogP contribution >= 0.6 is 15.9 Å². The van der Waals surface area contributed by atoms with Gasteiger partial charge in [-0.1, -0.05) is 22.0 Å². The highest BCUT2D eigenvalue weighted by Crippen LogP contribution is 2.30. The molecule has 1 aromatic carbocycles. The molecule has 3 N–H and O–H groups in total. The van der Waals surface area contributed by atoms with Crippen molar-refractivity contribution < 1.29 is 9.66 Å². The Morgan fingerprint density at radius 1 is 1.40 bits per heavy atom. The molecule has 2 rings (SSSR count). The van der Waals surface area contributed by atoms with Crippen LogP contribution in [0.2, 0.25) is 0 Å². The van der Waals surface area contributed by atoms with Gasteiger partial charge in [0.2, 0.25) is 0 Å². The average molecular weight is 339 g/mol. The van der Waals surface area contributed by atoms with Gasteiger partial charge >= 0.3 is 5.69 Å². The molecule has 0 unspecified atom stereocenters. The van der Waals surface area contributed by atoms with Crippen LogP contribution in [0.1, 0.15) is 5.69 Å². The third kappa shape index (κ3) is 3.43. The van der Waals surface area contributed by atoms with Crippen molar-refractivity contribution in [2.75, 3.05) is 5.43 Å². The van der Waals surface area contributed by atoms with E-state index in [2.05, 4.69) is 26.3 Å². The highest BCUT2D eigenvalue weighted by Gasteiger charge is 2.15. The number of nitrogens with one attached hydrogen (secondary N) is 1. The van der Waals surface area contributed by atoms with Crippen LogP contribution in [0, 0.1) is 10.1 Å². The maximum absolute atomic E-state index is 10.9. The van der Waals surface area contributed by atoms with Gasteiger partial charge in [0, 0.05) is 10.5 Å². The van der Waals surface area contributed by atoms with E-state index in [1.54, 1.807) is 24.3 Å². The number of nitro groups is 1. The molecule has 0 saturated heterocycles. The molecule has 104 valence electrons. The highest BCUT2D eigenvalue weighted by atomic mass is 79.9. The lowest BCUT2D eigenvalue weighted by atomic mass is 10.3. The lowest BCUT2D eigenvalue weighted by Crippen LogP contribution is -2.10. The molecule has 1 aromatic heterocycles. The minimum absolute atomic E-state index is 0.104. The van der Waals surface area contributed by atoms with Crippen LogP contribution in [0.3, 0.4) is 0 Å². The Kier molecular flexibility index (Phi) is 4.49. The van der Waals surface area contributed by atoms with E-state index < -0.39 is 4.92 Å². The Labute approximate surface area is 123 Å². The summed E-state index contributed by atoms with van der Waals surface area (Å²) < 4.78 is 6.06. The first kappa shape index (κ1) is 14.2. The Hall–Kier alpha value is -2.19. The molecule has 0 bridgehead atoms. The van der Waals surface area contributed by atoms with Crippen molar-refractivity contribution in [1.29, 1.82) is 0 Å². The number of nitrogens with two attached hydrogens (primary N) is 1. The number of pyridine rings is 1. The summed E-state index contributed by atoms with van der Waals surface area (Å²) in [6.07, 6.45) is 0. The van der Waals surface area contributed by atoms with E-state index in [0.29, 0.717) is 16.0 Å². The molecule has 0 aliphatic carbocycles. The van der Waals surface area contributed by atoms with Crippen molar-refractivity contribution >= 4 is 27.4 Å². The normalized spacial score (nSPS) is 10.1. The third-order valence-electron chi connectivity index (χ3n) is 2.45. The maximum atomic E-state index is 10.9. The summed E-state index contributed by atoms with van der Waals surface area (Å²) in [5, 5.41) is 10.9. The molecule has 2 aromatic rings. The van der Waals surface area contributed by atoms with E-state index in [0.717, 1.165) is 0 Å². The molecule has 0 fully saturated rings. The summed E-state index contributed by atoms with van der Waals surface area (Å²) in [5.41, 5.74) is 2.93. The maximum Gasteiger partial charge on any atom is 0.312 e. The largest absolute Gasteiger partial charge is 0.480 e. The molecular weight excluding hydrogens is 328 g/mol. The topological polar surface area (TPSA) is 103 Å². The molecular formula is C12H11BrN4O3. The van der Waals surface area contributed by atoms with Crippen LogP contribution in [0.25, 0.3) is 0 Å². The minimum atomic E-state index is -0.495. The first-order valence-electron chi connectivity index (χ1n) is 5.59. The molecule has 20 heavy (non-hydrogen) atoms. The van der Waals surface area contributed by atoms with Crippen LogP contribution in [0.5, 0.6) is 5.75 Å². The van der Waals surface area contributed by atoms with Gasteiger partial charge in [-0.05, 0) is 24.3 Å². The minimum Gasteiger partial charge on any atom is -0.480 e. The second kappa shape index (κ2) is 6.31. The number of nitrogen functional groups attached to an aromatic ring is 1. The zero-order valence-electron chi connectivity index (χ0n) is 10.2. The molecule has 1 heterocycles. The Balaban J connectivity index is 2.16. The molecule has 0 atom stereocenters. The van der Waals surface area contributed by atoms with Gasteiger partial charge in [-0.3, -0.25) is 10.1 Å². The summed E-state index contributed by atoms with van der Waals surface area (Å²) in [7, 11) is 0. The van der Waals surface area contributed by atoms with Gasteiger partial charge in [0.15, 0.2) is 5.75 Å². The molecule has 0 amide bonds. The number of ether oxygens (including phenoxy) is 1. The highest BCUT2D eigenvalue weighted by molar-refractivity contribution is 9.10. The molecule has 0 radical (unpaired) electrons. The summed E-state index contributed by atoms with van der Waals surface area (Å²) in [4.78, 5) is 14.6. The van der Waals surface area contributed by atoms with E-state index in [-0.39, 0.29) is 18.0 Å². The molecule has 0 saturated carbocycles. The number of nitro benzene ring substituents is 1. The number of hydrogen-bond acceptors (Lipinski definition) is 6. The summed E-state index contributed by atoms with van der Waals surface area (Å²) in [6.45, 7) is 0.109. The first-order valence-corrected chi connectivity index (χ1v) is 6.39. The van der Waals surface area contributed by atoms with E-state index in [1.807, 2.05) is 0 Å². The van der Waals surface area contributed by atoms with E-state index in [9.17, 15) is 10.1 Å². The van der Waals surface area contributed by atoms with Crippen LogP contribution < -0.4 is 16.0 Å². The average Bonchev–Trinajstić information content (AvgIpc) is 2.46.